The van der Waals surface area contributed by atoms with Crippen LogP contribution in [-0.4, -0.2) is 4.98 Å². The average Bonchev–Trinajstić information content (AvgIpc) is 2.78. The monoisotopic (exact) mass is 237 g/mol. The number of benzene rings is 1. The van der Waals surface area contributed by atoms with Crippen molar-refractivity contribution >= 4 is 6.08 Å². The topological polar surface area (TPSA) is 25.0 Å². The van der Waals surface area contributed by atoms with E-state index in [1.807, 2.05) is 30.5 Å². The van der Waals surface area contributed by atoms with Crippen LogP contribution in [0.3, 0.4) is 0 Å². The van der Waals surface area contributed by atoms with E-state index in [1.54, 1.807) is 0 Å². The first-order chi connectivity index (χ1) is 8.92. The second-order valence-corrected chi connectivity index (χ2v) is 4.33. The van der Waals surface area contributed by atoms with E-state index in [0.717, 1.165) is 12.2 Å². The van der Waals surface area contributed by atoms with Gasteiger partial charge < -0.3 is 9.72 Å². The van der Waals surface area contributed by atoms with Crippen molar-refractivity contribution in [3.63, 3.8) is 0 Å². The fourth-order valence-corrected chi connectivity index (χ4v) is 2.04. The Balaban J connectivity index is 1.67. The summed E-state index contributed by atoms with van der Waals surface area (Å²) in [6.07, 6.45) is 9.10. The van der Waals surface area contributed by atoms with Gasteiger partial charge in [0.05, 0.1) is 0 Å². The van der Waals surface area contributed by atoms with Crippen molar-refractivity contribution in [3.8, 4) is 0 Å². The van der Waals surface area contributed by atoms with Crippen LogP contribution in [0.15, 0.2) is 60.5 Å². The zero-order valence-electron chi connectivity index (χ0n) is 10.1. The molecule has 0 bridgehead atoms. The first-order valence-corrected chi connectivity index (χ1v) is 6.13. The van der Waals surface area contributed by atoms with Gasteiger partial charge in [0.1, 0.15) is 12.4 Å². The lowest BCUT2D eigenvalue weighted by atomic mass is 10.2. The quantitative estimate of drug-likeness (QED) is 0.865. The molecule has 0 aliphatic heterocycles. The zero-order chi connectivity index (χ0) is 12.2. The number of H-pyrrole nitrogens is 1. The first kappa shape index (κ1) is 10.9. The molecule has 0 radical (unpaired) electrons. The van der Waals surface area contributed by atoms with Gasteiger partial charge in [0.25, 0.3) is 0 Å². The minimum atomic E-state index is 0.616. The van der Waals surface area contributed by atoms with Crippen molar-refractivity contribution in [1.29, 1.82) is 0 Å². The van der Waals surface area contributed by atoms with Gasteiger partial charge in [0.2, 0.25) is 0 Å². The van der Waals surface area contributed by atoms with Crippen LogP contribution in [0.2, 0.25) is 0 Å². The van der Waals surface area contributed by atoms with Crippen molar-refractivity contribution < 1.29 is 4.74 Å². The molecule has 0 atom stereocenters. The molecule has 1 aromatic heterocycles. The maximum absolute atomic E-state index is 5.81. The third-order valence-electron chi connectivity index (χ3n) is 3.06. The van der Waals surface area contributed by atoms with Gasteiger partial charge in [-0.2, -0.15) is 0 Å². The van der Waals surface area contributed by atoms with Crippen molar-refractivity contribution in [3.05, 3.63) is 77.3 Å². The van der Waals surface area contributed by atoms with Crippen LogP contribution in [0, 0.1) is 0 Å². The summed E-state index contributed by atoms with van der Waals surface area (Å²) in [6, 6.07) is 12.3. The lowest BCUT2D eigenvalue weighted by Crippen LogP contribution is -1.91. The Kier molecular flexibility index (Phi) is 3.01. The highest BCUT2D eigenvalue weighted by atomic mass is 16.5. The van der Waals surface area contributed by atoms with Gasteiger partial charge in [0, 0.05) is 11.9 Å². The summed E-state index contributed by atoms with van der Waals surface area (Å²) in [6.45, 7) is 0.616. The highest BCUT2D eigenvalue weighted by Gasteiger charge is 2.05. The first-order valence-electron chi connectivity index (χ1n) is 6.13. The highest BCUT2D eigenvalue weighted by Crippen LogP contribution is 2.18. The summed E-state index contributed by atoms with van der Waals surface area (Å²) in [7, 11) is 0. The van der Waals surface area contributed by atoms with Crippen molar-refractivity contribution in [1.82, 2.24) is 4.98 Å². The Morgan fingerprint density at radius 1 is 1.06 bits per heavy atom. The fourth-order valence-electron chi connectivity index (χ4n) is 2.04. The summed E-state index contributed by atoms with van der Waals surface area (Å²) in [4.78, 5) is 3.22. The molecule has 1 N–H and O–H groups in total. The van der Waals surface area contributed by atoms with Crippen LogP contribution in [0.5, 0.6) is 0 Å². The van der Waals surface area contributed by atoms with Crippen LogP contribution >= 0.6 is 0 Å². The lowest BCUT2D eigenvalue weighted by molar-refractivity contribution is 0.210. The molecule has 0 unspecified atom stereocenters. The molecule has 2 nitrogen and oxygen atoms in total. The predicted octanol–water partition coefficient (Wildman–Crippen LogP) is 3.68. The number of nitrogens with one attached hydrogen (secondary N) is 1. The summed E-state index contributed by atoms with van der Waals surface area (Å²) < 4.78 is 5.81. The number of rotatable bonds is 3. The third kappa shape index (κ3) is 2.38. The normalized spacial score (nSPS) is 13.7. The molecule has 0 saturated carbocycles. The van der Waals surface area contributed by atoms with Gasteiger partial charge in [-0.1, -0.05) is 30.3 Å². The van der Waals surface area contributed by atoms with Crippen molar-refractivity contribution in [2.45, 2.75) is 13.0 Å². The smallest absolute Gasteiger partial charge is 0.116 e. The summed E-state index contributed by atoms with van der Waals surface area (Å²) >= 11 is 0. The molecule has 0 saturated heterocycles. The molecule has 2 heteroatoms. The molecule has 0 fully saturated rings. The number of hydrogen-bond donors (Lipinski definition) is 1. The second kappa shape index (κ2) is 4.96. The van der Waals surface area contributed by atoms with E-state index in [2.05, 4.69) is 35.3 Å². The number of allylic oxidation sites excluding steroid dienone is 2. The second-order valence-electron chi connectivity index (χ2n) is 4.33. The molecule has 3 rings (SSSR count). The molecule has 1 aromatic carbocycles. The Bertz CT molecular complexity index is 578. The van der Waals surface area contributed by atoms with E-state index in [-0.39, 0.29) is 0 Å². The fraction of sp³-hybridized carbons (Fsp3) is 0.125. The van der Waals surface area contributed by atoms with Gasteiger partial charge in [-0.15, -0.1) is 0 Å². The number of hydrogen-bond acceptors (Lipinski definition) is 1. The molecule has 2 aromatic rings. The lowest BCUT2D eigenvalue weighted by Gasteiger charge is -2.06. The van der Waals surface area contributed by atoms with E-state index in [9.17, 15) is 0 Å². The van der Waals surface area contributed by atoms with Gasteiger partial charge in [-0.05, 0) is 41.8 Å². The summed E-state index contributed by atoms with van der Waals surface area (Å²) in [5.41, 5.74) is 3.67. The van der Waals surface area contributed by atoms with Crippen molar-refractivity contribution in [2.24, 2.45) is 0 Å². The van der Waals surface area contributed by atoms with Crippen LogP contribution in [0.4, 0.5) is 0 Å². The number of fused-ring (bicyclic) bond motifs is 1. The van der Waals surface area contributed by atoms with E-state index in [4.69, 9.17) is 4.74 Å². The summed E-state index contributed by atoms with van der Waals surface area (Å²) in [5, 5.41) is 0. The Labute approximate surface area is 107 Å². The van der Waals surface area contributed by atoms with E-state index in [0.29, 0.717) is 6.61 Å². The van der Waals surface area contributed by atoms with Gasteiger partial charge in [-0.25, -0.2) is 0 Å². The Hall–Kier alpha value is -2.22. The Morgan fingerprint density at radius 3 is 2.83 bits per heavy atom. The molecule has 0 amide bonds. The molecule has 0 spiro atoms. The minimum Gasteiger partial charge on any atom is -0.489 e. The Morgan fingerprint density at radius 2 is 1.94 bits per heavy atom. The van der Waals surface area contributed by atoms with Crippen LogP contribution in [0.1, 0.15) is 16.8 Å². The summed E-state index contributed by atoms with van der Waals surface area (Å²) in [5.74, 6) is 0.934. The van der Waals surface area contributed by atoms with E-state index in [1.165, 1.54) is 16.8 Å². The van der Waals surface area contributed by atoms with Gasteiger partial charge in [-0.3, -0.25) is 0 Å². The molecular formula is C16H15NO. The standard InChI is InChI=1S/C16H15NO/c1-2-4-13(5-3-1)12-18-15-7-6-14-10-11-17-16(14)9-8-15/h1-5,7-11,17H,6,12H2. The number of ether oxygens (including phenoxy) is 1. The average molecular weight is 237 g/mol. The predicted molar refractivity (Wildman–Crippen MR) is 72.8 cm³/mol. The third-order valence-corrected chi connectivity index (χ3v) is 3.06. The minimum absolute atomic E-state index is 0.616. The number of aromatic amines is 1. The maximum atomic E-state index is 5.81. The van der Waals surface area contributed by atoms with Crippen LogP contribution in [-0.2, 0) is 17.8 Å². The molecule has 18 heavy (non-hydrogen) atoms. The molecule has 90 valence electrons. The van der Waals surface area contributed by atoms with Gasteiger partial charge >= 0.3 is 0 Å². The SMILES string of the molecule is C1=Cc2[nH]ccc2CC=C1OCc1ccccc1. The molecule has 1 aliphatic rings. The van der Waals surface area contributed by atoms with Gasteiger partial charge in [0.15, 0.2) is 0 Å². The maximum Gasteiger partial charge on any atom is 0.116 e. The van der Waals surface area contributed by atoms with E-state index >= 15 is 0 Å². The van der Waals surface area contributed by atoms with Crippen molar-refractivity contribution in [2.75, 3.05) is 0 Å². The largest absolute Gasteiger partial charge is 0.489 e. The van der Waals surface area contributed by atoms with Crippen LogP contribution < -0.4 is 0 Å². The zero-order valence-corrected chi connectivity index (χ0v) is 10.1. The molecule has 1 aliphatic carbocycles. The number of aromatic nitrogens is 1. The van der Waals surface area contributed by atoms with Crippen LogP contribution in [0.25, 0.3) is 6.08 Å². The molecule has 1 heterocycles. The highest BCUT2D eigenvalue weighted by molar-refractivity contribution is 5.55. The van der Waals surface area contributed by atoms with E-state index < -0.39 is 0 Å². The molecular weight excluding hydrogens is 222 g/mol.